The van der Waals surface area contributed by atoms with Crippen LogP contribution in [-0.2, 0) is 32.7 Å². The molecule has 0 rings (SSSR count). The van der Waals surface area contributed by atoms with E-state index in [1.807, 2.05) is 0 Å². The van der Waals surface area contributed by atoms with Crippen LogP contribution in [0.2, 0.25) is 0 Å². The summed E-state index contributed by atoms with van der Waals surface area (Å²) in [6, 6.07) is 0. The first-order valence-electron chi connectivity index (χ1n) is 20.0. The maximum absolute atomic E-state index is 12.5. The van der Waals surface area contributed by atoms with Gasteiger partial charge >= 0.3 is 19.8 Å². The molecule has 0 amide bonds. The summed E-state index contributed by atoms with van der Waals surface area (Å²) >= 11 is 0. The number of ether oxygens (including phenoxy) is 2. The fourth-order valence-electron chi connectivity index (χ4n) is 5.75. The number of carbonyl (C=O) groups is 2. The third-order valence-corrected chi connectivity index (χ3v) is 9.73. The number of hydrogen-bond acceptors (Lipinski definition) is 8. The topological polar surface area (TPSA) is 134 Å². The van der Waals surface area contributed by atoms with Gasteiger partial charge in [-0.3, -0.25) is 18.6 Å². The van der Waals surface area contributed by atoms with E-state index in [0.29, 0.717) is 6.42 Å². The van der Waals surface area contributed by atoms with Crippen LogP contribution in [-0.4, -0.2) is 49.3 Å². The average Bonchev–Trinajstić information content (AvgIpc) is 3.07. The second-order valence-electron chi connectivity index (χ2n) is 13.5. The number of nitrogens with two attached hydrogens (primary N) is 1. The van der Waals surface area contributed by atoms with Gasteiger partial charge in [-0.1, -0.05) is 174 Å². The van der Waals surface area contributed by atoms with E-state index in [1.54, 1.807) is 0 Å². The summed E-state index contributed by atoms with van der Waals surface area (Å²) < 4.78 is 32.7. The van der Waals surface area contributed by atoms with Crippen LogP contribution in [0.15, 0.2) is 0 Å². The molecule has 0 fully saturated rings. The molecule has 0 saturated heterocycles. The van der Waals surface area contributed by atoms with Gasteiger partial charge in [0.15, 0.2) is 6.10 Å². The van der Waals surface area contributed by atoms with Crippen molar-refractivity contribution in [2.45, 2.75) is 206 Å². The summed E-state index contributed by atoms with van der Waals surface area (Å²) in [4.78, 5) is 34.7. The van der Waals surface area contributed by atoms with E-state index in [-0.39, 0.29) is 38.6 Å². The SMILES string of the molecule is CCCCCCCCCCCCCCCCCCCC(=O)O[C@H](COC(=O)CCCCCCCCCCCC)COP(=O)(O)OCCN. The van der Waals surface area contributed by atoms with Crippen molar-refractivity contribution in [1.29, 1.82) is 0 Å². The van der Waals surface area contributed by atoms with Gasteiger partial charge in [-0.2, -0.15) is 0 Å². The molecule has 0 aromatic heterocycles. The number of esters is 2. The Bertz CT molecular complexity index is 769. The zero-order chi connectivity index (χ0) is 35.4. The Kier molecular flexibility index (Phi) is 35.1. The van der Waals surface area contributed by atoms with Gasteiger partial charge in [0.1, 0.15) is 6.61 Å². The largest absolute Gasteiger partial charge is 0.472 e. The van der Waals surface area contributed by atoms with Gasteiger partial charge in [-0.25, -0.2) is 4.57 Å². The Labute approximate surface area is 295 Å². The van der Waals surface area contributed by atoms with Crippen LogP contribution < -0.4 is 5.73 Å². The van der Waals surface area contributed by atoms with E-state index in [2.05, 4.69) is 13.8 Å². The molecule has 0 spiro atoms. The van der Waals surface area contributed by atoms with Crippen molar-refractivity contribution in [2.24, 2.45) is 5.73 Å². The summed E-state index contributed by atoms with van der Waals surface area (Å²) in [5, 5.41) is 0. The van der Waals surface area contributed by atoms with Crippen LogP contribution in [0.4, 0.5) is 0 Å². The predicted molar refractivity (Wildman–Crippen MR) is 197 cm³/mol. The van der Waals surface area contributed by atoms with E-state index in [1.165, 1.54) is 135 Å². The Balaban J connectivity index is 4.12. The molecule has 2 atom stereocenters. The highest BCUT2D eigenvalue weighted by Crippen LogP contribution is 2.43. The minimum atomic E-state index is -4.36. The molecule has 0 aliphatic carbocycles. The lowest BCUT2D eigenvalue weighted by atomic mass is 10.0. The number of carbonyl (C=O) groups excluding carboxylic acids is 2. The van der Waals surface area contributed by atoms with Gasteiger partial charge < -0.3 is 20.1 Å². The van der Waals surface area contributed by atoms with Crippen molar-refractivity contribution in [2.75, 3.05) is 26.4 Å². The van der Waals surface area contributed by atoms with E-state index in [4.69, 9.17) is 24.3 Å². The minimum Gasteiger partial charge on any atom is -0.462 e. The molecule has 0 aliphatic rings. The third kappa shape index (κ3) is 34.9. The molecular formula is C38H76NO8P. The lowest BCUT2D eigenvalue weighted by Gasteiger charge is -2.19. The quantitative estimate of drug-likeness (QED) is 0.0365. The van der Waals surface area contributed by atoms with Gasteiger partial charge in [-0.05, 0) is 12.8 Å². The number of hydrogen-bond donors (Lipinski definition) is 2. The zero-order valence-corrected chi connectivity index (χ0v) is 32.1. The van der Waals surface area contributed by atoms with Crippen molar-refractivity contribution in [3.63, 3.8) is 0 Å². The van der Waals surface area contributed by atoms with Crippen LogP contribution >= 0.6 is 7.82 Å². The lowest BCUT2D eigenvalue weighted by Crippen LogP contribution is -2.29. The highest BCUT2D eigenvalue weighted by Gasteiger charge is 2.26. The predicted octanol–water partition coefficient (Wildman–Crippen LogP) is 10.9. The monoisotopic (exact) mass is 706 g/mol. The van der Waals surface area contributed by atoms with Crippen molar-refractivity contribution < 1.29 is 37.6 Å². The fraction of sp³-hybridized carbons (Fsp3) is 0.947. The molecule has 0 saturated carbocycles. The Hall–Kier alpha value is -0.990. The third-order valence-electron chi connectivity index (χ3n) is 8.74. The first-order valence-corrected chi connectivity index (χ1v) is 21.5. The fourth-order valence-corrected chi connectivity index (χ4v) is 6.52. The molecule has 286 valence electrons. The second-order valence-corrected chi connectivity index (χ2v) is 15.0. The molecule has 10 heteroatoms. The summed E-state index contributed by atoms with van der Waals surface area (Å²) in [6.07, 6.45) is 32.8. The van der Waals surface area contributed by atoms with Gasteiger partial charge in [0, 0.05) is 19.4 Å². The van der Waals surface area contributed by atoms with E-state index in [0.717, 1.165) is 32.1 Å². The maximum Gasteiger partial charge on any atom is 0.472 e. The summed E-state index contributed by atoms with van der Waals surface area (Å²) in [7, 11) is -4.36. The van der Waals surface area contributed by atoms with Crippen molar-refractivity contribution >= 4 is 19.8 Å². The van der Waals surface area contributed by atoms with Gasteiger partial charge in [0.25, 0.3) is 0 Å². The molecule has 0 aliphatic heterocycles. The Morgan fingerprint density at radius 3 is 1.27 bits per heavy atom. The zero-order valence-electron chi connectivity index (χ0n) is 31.2. The van der Waals surface area contributed by atoms with Crippen molar-refractivity contribution in [3.8, 4) is 0 Å². The molecule has 0 bridgehead atoms. The van der Waals surface area contributed by atoms with Gasteiger partial charge in [0.2, 0.25) is 0 Å². The van der Waals surface area contributed by atoms with E-state index < -0.39 is 26.5 Å². The first kappa shape index (κ1) is 47.0. The summed E-state index contributed by atoms with van der Waals surface area (Å²) in [5.41, 5.74) is 5.33. The van der Waals surface area contributed by atoms with Crippen LogP contribution in [0.1, 0.15) is 200 Å². The molecule has 48 heavy (non-hydrogen) atoms. The van der Waals surface area contributed by atoms with Crippen LogP contribution in [0, 0.1) is 0 Å². The van der Waals surface area contributed by atoms with Crippen LogP contribution in [0.5, 0.6) is 0 Å². The molecular weight excluding hydrogens is 629 g/mol. The molecule has 0 aromatic rings. The molecule has 1 unspecified atom stereocenters. The molecule has 9 nitrogen and oxygen atoms in total. The standard InChI is InChI=1S/C38H76NO8P/c1-3-5-7-9-11-13-15-16-17-18-19-20-21-23-25-27-29-31-38(41)47-36(35-46-48(42,43)45-33-32-39)34-44-37(40)30-28-26-24-22-14-12-10-8-6-4-2/h36H,3-35,39H2,1-2H3,(H,42,43)/t36-/m1/s1. The van der Waals surface area contributed by atoms with Crippen LogP contribution in [0.25, 0.3) is 0 Å². The second kappa shape index (κ2) is 35.8. The average molecular weight is 706 g/mol. The highest BCUT2D eigenvalue weighted by atomic mass is 31.2. The first-order chi connectivity index (χ1) is 23.3. The maximum atomic E-state index is 12.5. The molecule has 0 heterocycles. The minimum absolute atomic E-state index is 0.0578. The molecule has 3 N–H and O–H groups in total. The van der Waals surface area contributed by atoms with Crippen molar-refractivity contribution in [3.05, 3.63) is 0 Å². The Morgan fingerprint density at radius 1 is 0.542 bits per heavy atom. The smallest absolute Gasteiger partial charge is 0.462 e. The van der Waals surface area contributed by atoms with Crippen LogP contribution in [0.3, 0.4) is 0 Å². The van der Waals surface area contributed by atoms with E-state index in [9.17, 15) is 19.0 Å². The number of rotatable bonds is 38. The molecule has 0 radical (unpaired) electrons. The molecule has 0 aromatic carbocycles. The highest BCUT2D eigenvalue weighted by molar-refractivity contribution is 7.47. The van der Waals surface area contributed by atoms with E-state index >= 15 is 0 Å². The lowest BCUT2D eigenvalue weighted by molar-refractivity contribution is -0.161. The summed E-state index contributed by atoms with van der Waals surface area (Å²) in [6.45, 7) is 3.74. The number of phosphoric acid groups is 1. The van der Waals surface area contributed by atoms with Gasteiger partial charge in [0.05, 0.1) is 13.2 Å². The Morgan fingerprint density at radius 2 is 0.896 bits per heavy atom. The summed E-state index contributed by atoms with van der Waals surface area (Å²) in [5.74, 6) is -0.818. The normalized spacial score (nSPS) is 13.3. The number of unbranched alkanes of at least 4 members (excludes halogenated alkanes) is 25. The van der Waals surface area contributed by atoms with Gasteiger partial charge in [-0.15, -0.1) is 0 Å². The number of phosphoric ester groups is 1. The van der Waals surface area contributed by atoms with Crippen molar-refractivity contribution in [1.82, 2.24) is 0 Å².